The van der Waals surface area contributed by atoms with Gasteiger partial charge in [0, 0.05) is 33.2 Å². The zero-order valence-electron chi connectivity index (χ0n) is 13.9. The maximum atomic E-state index is 6.32. The van der Waals surface area contributed by atoms with E-state index in [0.29, 0.717) is 36.3 Å². The fourth-order valence-electron chi connectivity index (χ4n) is 2.81. The first-order chi connectivity index (χ1) is 11.8. The van der Waals surface area contributed by atoms with Crippen LogP contribution in [0.25, 0.3) is 0 Å². The predicted octanol–water partition coefficient (Wildman–Crippen LogP) is 2.35. The van der Waals surface area contributed by atoms with E-state index >= 15 is 0 Å². The fraction of sp³-hybridized carbons (Fsp3) is 0.588. The molecule has 24 heavy (non-hydrogen) atoms. The van der Waals surface area contributed by atoms with Gasteiger partial charge >= 0.3 is 0 Å². The Hall–Kier alpha value is -1.66. The molecule has 2 aliphatic rings. The van der Waals surface area contributed by atoms with Crippen molar-refractivity contribution >= 4 is 17.6 Å². The summed E-state index contributed by atoms with van der Waals surface area (Å²) in [5.41, 5.74) is 1.02. The summed E-state index contributed by atoms with van der Waals surface area (Å²) >= 11 is 6.32. The first-order valence-electron chi connectivity index (χ1n) is 8.40. The van der Waals surface area contributed by atoms with Crippen LogP contribution < -0.4 is 20.1 Å². The standard InChI is InChI=1S/C17H24ClN3O3/c1-19-17(21-11-13-4-2-5-22-13)20-10-12-8-14(18)16-15(9-12)23-6-3-7-24-16/h8-9,13H,2-7,10-11H2,1H3,(H2,19,20,21). The summed E-state index contributed by atoms with van der Waals surface area (Å²) in [5, 5.41) is 7.16. The Bertz CT molecular complexity index is 589. The second kappa shape index (κ2) is 8.44. The monoisotopic (exact) mass is 353 g/mol. The number of hydrogen-bond donors (Lipinski definition) is 2. The Labute approximate surface area is 147 Å². The highest BCUT2D eigenvalue weighted by Crippen LogP contribution is 2.37. The van der Waals surface area contributed by atoms with Gasteiger partial charge in [-0.2, -0.15) is 0 Å². The van der Waals surface area contributed by atoms with Gasteiger partial charge in [-0.1, -0.05) is 11.6 Å². The van der Waals surface area contributed by atoms with Crippen molar-refractivity contribution in [1.29, 1.82) is 0 Å². The molecule has 0 radical (unpaired) electrons. The predicted molar refractivity (Wildman–Crippen MR) is 94.2 cm³/mol. The number of halogens is 1. The number of nitrogens with zero attached hydrogens (tertiary/aromatic N) is 1. The van der Waals surface area contributed by atoms with Gasteiger partial charge in [-0.05, 0) is 30.5 Å². The van der Waals surface area contributed by atoms with Crippen molar-refractivity contribution in [2.24, 2.45) is 4.99 Å². The van der Waals surface area contributed by atoms with Gasteiger partial charge in [-0.3, -0.25) is 4.99 Å². The van der Waals surface area contributed by atoms with Crippen LogP contribution in [0.5, 0.6) is 11.5 Å². The van der Waals surface area contributed by atoms with E-state index in [1.165, 1.54) is 0 Å². The highest BCUT2D eigenvalue weighted by molar-refractivity contribution is 6.32. The number of fused-ring (bicyclic) bond motifs is 1. The van der Waals surface area contributed by atoms with Crippen molar-refractivity contribution in [3.8, 4) is 11.5 Å². The van der Waals surface area contributed by atoms with Crippen LogP contribution in [-0.2, 0) is 11.3 Å². The lowest BCUT2D eigenvalue weighted by Crippen LogP contribution is -2.40. The number of ether oxygens (including phenoxy) is 3. The molecule has 0 spiro atoms. The topological polar surface area (TPSA) is 64.1 Å². The van der Waals surface area contributed by atoms with Crippen LogP contribution in [0, 0.1) is 0 Å². The van der Waals surface area contributed by atoms with Crippen molar-refractivity contribution in [2.75, 3.05) is 33.4 Å². The minimum absolute atomic E-state index is 0.274. The Morgan fingerprint density at radius 2 is 2.08 bits per heavy atom. The van der Waals surface area contributed by atoms with Crippen molar-refractivity contribution < 1.29 is 14.2 Å². The molecule has 2 heterocycles. The molecule has 0 bridgehead atoms. The number of nitrogens with one attached hydrogen (secondary N) is 2. The van der Waals surface area contributed by atoms with E-state index in [-0.39, 0.29) is 6.10 Å². The molecule has 1 unspecified atom stereocenters. The molecule has 1 aromatic rings. The minimum Gasteiger partial charge on any atom is -0.489 e. The molecular weight excluding hydrogens is 330 g/mol. The van der Waals surface area contributed by atoms with Gasteiger partial charge in [0.1, 0.15) is 0 Å². The third-order valence-corrected chi connectivity index (χ3v) is 4.35. The molecule has 7 heteroatoms. The summed E-state index contributed by atoms with van der Waals surface area (Å²) in [5.74, 6) is 2.09. The number of rotatable bonds is 4. The van der Waals surface area contributed by atoms with Gasteiger partial charge in [-0.15, -0.1) is 0 Å². The molecule has 3 rings (SSSR count). The normalized spacial score (nSPS) is 20.6. The van der Waals surface area contributed by atoms with Gasteiger partial charge in [0.25, 0.3) is 0 Å². The van der Waals surface area contributed by atoms with Crippen LogP contribution in [0.4, 0.5) is 0 Å². The van der Waals surface area contributed by atoms with Crippen LogP contribution in [0.1, 0.15) is 24.8 Å². The van der Waals surface area contributed by atoms with Gasteiger partial charge in [0.15, 0.2) is 17.5 Å². The molecular formula is C17H24ClN3O3. The zero-order chi connectivity index (χ0) is 16.8. The van der Waals surface area contributed by atoms with Gasteiger partial charge < -0.3 is 24.8 Å². The first-order valence-corrected chi connectivity index (χ1v) is 8.78. The second-order valence-electron chi connectivity index (χ2n) is 5.90. The molecule has 1 atom stereocenters. The summed E-state index contributed by atoms with van der Waals surface area (Å²) in [6, 6.07) is 3.86. The Morgan fingerprint density at radius 1 is 1.21 bits per heavy atom. The summed E-state index contributed by atoms with van der Waals surface area (Å²) in [6.07, 6.45) is 3.37. The van der Waals surface area contributed by atoms with E-state index < -0.39 is 0 Å². The molecule has 1 aromatic carbocycles. The van der Waals surface area contributed by atoms with E-state index in [2.05, 4.69) is 15.6 Å². The Kier molecular flexibility index (Phi) is 6.04. The third kappa shape index (κ3) is 4.45. The SMILES string of the molecule is CN=C(NCc1cc(Cl)c2c(c1)OCCCO2)NCC1CCCO1. The maximum absolute atomic E-state index is 6.32. The maximum Gasteiger partial charge on any atom is 0.191 e. The summed E-state index contributed by atoms with van der Waals surface area (Å²) in [4.78, 5) is 4.24. The van der Waals surface area contributed by atoms with E-state index in [0.717, 1.165) is 43.9 Å². The Balaban J connectivity index is 1.56. The first kappa shape index (κ1) is 17.2. The molecule has 2 aliphatic heterocycles. The highest BCUT2D eigenvalue weighted by atomic mass is 35.5. The summed E-state index contributed by atoms with van der Waals surface area (Å²) < 4.78 is 17.0. The minimum atomic E-state index is 0.274. The smallest absolute Gasteiger partial charge is 0.191 e. The largest absolute Gasteiger partial charge is 0.489 e. The fourth-order valence-corrected chi connectivity index (χ4v) is 3.10. The van der Waals surface area contributed by atoms with Crippen LogP contribution >= 0.6 is 11.6 Å². The number of benzene rings is 1. The van der Waals surface area contributed by atoms with Crippen molar-refractivity contribution in [1.82, 2.24) is 10.6 Å². The lowest BCUT2D eigenvalue weighted by Gasteiger charge is -2.16. The van der Waals surface area contributed by atoms with Crippen LogP contribution in [0.15, 0.2) is 17.1 Å². The van der Waals surface area contributed by atoms with Crippen LogP contribution in [0.2, 0.25) is 5.02 Å². The van der Waals surface area contributed by atoms with Crippen LogP contribution in [0.3, 0.4) is 0 Å². The van der Waals surface area contributed by atoms with E-state index in [9.17, 15) is 0 Å². The van der Waals surface area contributed by atoms with Gasteiger partial charge in [0.05, 0.1) is 24.3 Å². The van der Waals surface area contributed by atoms with Gasteiger partial charge in [0.2, 0.25) is 0 Å². The molecule has 132 valence electrons. The second-order valence-corrected chi connectivity index (χ2v) is 6.30. The number of hydrogen-bond acceptors (Lipinski definition) is 4. The quantitative estimate of drug-likeness (QED) is 0.642. The molecule has 0 aromatic heterocycles. The average molecular weight is 354 g/mol. The zero-order valence-corrected chi connectivity index (χ0v) is 14.7. The van der Waals surface area contributed by atoms with Crippen molar-refractivity contribution in [2.45, 2.75) is 31.9 Å². The Morgan fingerprint density at radius 3 is 2.88 bits per heavy atom. The lowest BCUT2D eigenvalue weighted by atomic mass is 10.2. The van der Waals surface area contributed by atoms with Crippen LogP contribution in [-0.4, -0.2) is 45.5 Å². The summed E-state index contributed by atoms with van der Waals surface area (Å²) in [7, 11) is 1.76. The molecule has 6 nitrogen and oxygen atoms in total. The summed E-state index contributed by atoms with van der Waals surface area (Å²) in [6.45, 7) is 3.49. The highest BCUT2D eigenvalue weighted by Gasteiger charge is 2.17. The molecule has 2 N–H and O–H groups in total. The van der Waals surface area contributed by atoms with E-state index in [4.69, 9.17) is 25.8 Å². The average Bonchev–Trinajstić information content (AvgIpc) is 2.99. The molecule has 0 amide bonds. The van der Waals surface area contributed by atoms with E-state index in [1.54, 1.807) is 7.05 Å². The number of guanidine groups is 1. The molecule has 0 saturated carbocycles. The molecule has 0 aliphatic carbocycles. The number of aliphatic imine (C=N–C) groups is 1. The van der Waals surface area contributed by atoms with Crippen molar-refractivity contribution in [3.63, 3.8) is 0 Å². The lowest BCUT2D eigenvalue weighted by molar-refractivity contribution is 0.114. The van der Waals surface area contributed by atoms with Crippen molar-refractivity contribution in [3.05, 3.63) is 22.7 Å². The van der Waals surface area contributed by atoms with E-state index in [1.807, 2.05) is 12.1 Å². The van der Waals surface area contributed by atoms with Gasteiger partial charge in [-0.25, -0.2) is 0 Å². The molecule has 1 saturated heterocycles. The third-order valence-electron chi connectivity index (χ3n) is 4.07. The molecule has 1 fully saturated rings.